The summed E-state index contributed by atoms with van der Waals surface area (Å²) >= 11 is 0. The number of carbonyl (C=O) groups excluding carboxylic acids is 5. The van der Waals surface area contributed by atoms with E-state index in [9.17, 15) is 24.0 Å². The third-order valence-corrected chi connectivity index (χ3v) is 7.64. The highest BCUT2D eigenvalue weighted by molar-refractivity contribution is 8.76. The molecule has 4 N–H and O–H groups in total. The van der Waals surface area contributed by atoms with Gasteiger partial charge in [0, 0.05) is 11.5 Å². The topological polar surface area (TPSA) is 143 Å². The highest BCUT2D eigenvalue weighted by Gasteiger charge is 2.32. The zero-order valence-electron chi connectivity index (χ0n) is 19.9. The van der Waals surface area contributed by atoms with Crippen LogP contribution in [0.1, 0.15) is 47.0 Å². The number of esters is 1. The van der Waals surface area contributed by atoms with Crippen molar-refractivity contribution in [3.8, 4) is 0 Å². The third-order valence-electron chi connectivity index (χ3n) is 5.19. The molecule has 2 heterocycles. The van der Waals surface area contributed by atoms with Crippen LogP contribution in [0.2, 0.25) is 0 Å². The van der Waals surface area contributed by atoms with E-state index in [1.165, 1.54) is 10.8 Å². The fourth-order valence-corrected chi connectivity index (χ4v) is 5.43. The van der Waals surface area contributed by atoms with Gasteiger partial charge in [0.25, 0.3) is 0 Å². The van der Waals surface area contributed by atoms with Gasteiger partial charge < -0.3 is 26.0 Å². The zero-order chi connectivity index (χ0) is 25.3. The van der Waals surface area contributed by atoms with E-state index in [4.69, 9.17) is 4.74 Å². The first-order chi connectivity index (χ1) is 16.1. The molecule has 0 aliphatic carbocycles. The first kappa shape index (κ1) is 28.0. The van der Waals surface area contributed by atoms with Crippen LogP contribution in [-0.4, -0.2) is 65.5 Å². The minimum Gasteiger partial charge on any atom is -0.457 e. The predicted octanol–water partition coefficient (Wildman–Crippen LogP) is 0.873. The summed E-state index contributed by atoms with van der Waals surface area (Å²) in [4.78, 5) is 63.8. The van der Waals surface area contributed by atoms with Crippen molar-refractivity contribution in [2.75, 3.05) is 11.5 Å². The molecule has 4 atom stereocenters. The summed E-state index contributed by atoms with van der Waals surface area (Å²) in [5, 5.41) is 10.9. The summed E-state index contributed by atoms with van der Waals surface area (Å²) in [6, 6.07) is -1.76. The molecule has 0 unspecified atom stereocenters. The Kier molecular flexibility index (Phi) is 11.2. The Labute approximate surface area is 207 Å². The summed E-state index contributed by atoms with van der Waals surface area (Å²) in [6.07, 6.45) is 1.74. The summed E-state index contributed by atoms with van der Waals surface area (Å²) in [5.74, 6) is -2.23. The van der Waals surface area contributed by atoms with Gasteiger partial charge in [0.2, 0.25) is 23.6 Å². The van der Waals surface area contributed by atoms with Crippen molar-refractivity contribution in [3.63, 3.8) is 0 Å². The molecule has 2 aliphatic heterocycles. The molecule has 12 heteroatoms. The summed E-state index contributed by atoms with van der Waals surface area (Å²) in [7, 11) is 3.00. The van der Waals surface area contributed by atoms with Gasteiger partial charge in [-0.25, -0.2) is 0 Å². The van der Waals surface area contributed by atoms with E-state index in [0.29, 0.717) is 12.2 Å². The van der Waals surface area contributed by atoms with Gasteiger partial charge in [-0.1, -0.05) is 55.4 Å². The van der Waals surface area contributed by atoms with E-state index in [0.717, 1.165) is 5.75 Å². The van der Waals surface area contributed by atoms with Crippen LogP contribution >= 0.6 is 21.6 Å². The first-order valence-corrected chi connectivity index (χ1v) is 13.9. The van der Waals surface area contributed by atoms with Crippen molar-refractivity contribution in [2.24, 2.45) is 11.8 Å². The van der Waals surface area contributed by atoms with Crippen molar-refractivity contribution in [1.29, 1.82) is 0 Å². The van der Waals surface area contributed by atoms with Crippen molar-refractivity contribution in [1.82, 2.24) is 21.3 Å². The smallest absolute Gasteiger partial charge is 0.315 e. The molecule has 0 aromatic heterocycles. The second kappa shape index (κ2) is 13.6. The lowest BCUT2D eigenvalue weighted by molar-refractivity contribution is -0.150. The summed E-state index contributed by atoms with van der Waals surface area (Å²) in [6.45, 7) is 7.21. The maximum absolute atomic E-state index is 13.1. The van der Waals surface area contributed by atoms with Crippen LogP contribution in [0.5, 0.6) is 0 Å². The molecule has 0 aromatic rings. The number of allylic oxidation sites excluding steroid dienone is 1. The fourth-order valence-electron chi connectivity index (χ4n) is 3.27. The lowest BCUT2D eigenvalue weighted by Crippen LogP contribution is -2.60. The second-order valence-corrected chi connectivity index (χ2v) is 11.5. The number of carbonyl (C=O) groups is 5. The van der Waals surface area contributed by atoms with E-state index in [1.54, 1.807) is 30.7 Å². The lowest BCUT2D eigenvalue weighted by Gasteiger charge is -2.29. The van der Waals surface area contributed by atoms with Crippen molar-refractivity contribution < 1.29 is 28.7 Å². The quantitative estimate of drug-likeness (QED) is 0.184. The average Bonchev–Trinajstić information content (AvgIpc) is 2.73. The third kappa shape index (κ3) is 9.21. The minimum atomic E-state index is -0.882. The molecule has 4 amide bonds. The van der Waals surface area contributed by atoms with E-state index in [1.807, 2.05) is 19.9 Å². The molecule has 2 rings (SSSR count). The van der Waals surface area contributed by atoms with Gasteiger partial charge in [-0.2, -0.15) is 0 Å². The molecular weight excluding hydrogens is 480 g/mol. The van der Waals surface area contributed by atoms with Gasteiger partial charge in [-0.05, 0) is 24.3 Å². The molecule has 1 fully saturated rings. The van der Waals surface area contributed by atoms with Gasteiger partial charge in [0.1, 0.15) is 30.8 Å². The van der Waals surface area contributed by atoms with Gasteiger partial charge >= 0.3 is 5.97 Å². The first-order valence-electron chi connectivity index (χ1n) is 11.4. The minimum absolute atomic E-state index is 0.179. The van der Waals surface area contributed by atoms with E-state index >= 15 is 0 Å². The molecule has 2 aliphatic rings. The van der Waals surface area contributed by atoms with Crippen LogP contribution in [0.4, 0.5) is 0 Å². The summed E-state index contributed by atoms with van der Waals surface area (Å²) in [5.41, 5.74) is 0. The SMILES string of the molecule is CC(C)[C@@H]1NC(=O)CC(=O)O[C@@H]2/C=C/CCSSC[C@@H](NC(=O)[C@@H](C(C)C)NC(=O)C2)C(=O)N1. The molecule has 34 heavy (non-hydrogen) atoms. The lowest BCUT2D eigenvalue weighted by atomic mass is 10.0. The largest absolute Gasteiger partial charge is 0.457 e. The number of amides is 4. The molecule has 0 saturated carbocycles. The van der Waals surface area contributed by atoms with Gasteiger partial charge in [0.15, 0.2) is 0 Å². The van der Waals surface area contributed by atoms with Crippen molar-refractivity contribution >= 4 is 51.2 Å². The average molecular weight is 515 g/mol. The Balaban J connectivity index is 2.45. The number of hydrogen-bond acceptors (Lipinski definition) is 8. The maximum Gasteiger partial charge on any atom is 0.315 e. The molecule has 0 radical (unpaired) electrons. The van der Waals surface area contributed by atoms with E-state index < -0.39 is 60.4 Å². The highest BCUT2D eigenvalue weighted by atomic mass is 33.1. The Morgan fingerprint density at radius 3 is 2.29 bits per heavy atom. The van der Waals surface area contributed by atoms with Crippen LogP contribution in [-0.2, 0) is 28.7 Å². The molecule has 10 nitrogen and oxygen atoms in total. The van der Waals surface area contributed by atoms with E-state index in [-0.39, 0.29) is 18.3 Å². The molecule has 190 valence electrons. The number of hydrogen-bond donors (Lipinski definition) is 4. The molecule has 0 aromatic carbocycles. The molecule has 1 saturated heterocycles. The van der Waals surface area contributed by atoms with Crippen molar-refractivity contribution in [3.05, 3.63) is 12.2 Å². The molecule has 2 bridgehead atoms. The number of nitrogens with one attached hydrogen (secondary N) is 4. The van der Waals surface area contributed by atoms with Crippen LogP contribution < -0.4 is 21.3 Å². The number of ether oxygens (including phenoxy) is 1. The molecule has 0 spiro atoms. The second-order valence-electron chi connectivity index (χ2n) is 8.88. The number of fused-ring (bicyclic) bond motifs is 7. The summed E-state index contributed by atoms with van der Waals surface area (Å²) < 4.78 is 5.40. The number of rotatable bonds is 2. The zero-order valence-corrected chi connectivity index (χ0v) is 21.6. The van der Waals surface area contributed by atoms with Crippen molar-refractivity contribution in [2.45, 2.75) is 71.3 Å². The van der Waals surface area contributed by atoms with E-state index in [2.05, 4.69) is 21.3 Å². The highest BCUT2D eigenvalue weighted by Crippen LogP contribution is 2.23. The normalized spacial score (nSPS) is 29.4. The van der Waals surface area contributed by atoms with Gasteiger partial charge in [-0.15, -0.1) is 0 Å². The maximum atomic E-state index is 13.1. The Morgan fingerprint density at radius 1 is 0.882 bits per heavy atom. The van der Waals surface area contributed by atoms with Crippen LogP contribution in [0, 0.1) is 11.8 Å². The van der Waals surface area contributed by atoms with Gasteiger partial charge in [-0.3, -0.25) is 24.0 Å². The van der Waals surface area contributed by atoms with Crippen LogP contribution in [0.25, 0.3) is 0 Å². The van der Waals surface area contributed by atoms with Gasteiger partial charge in [0.05, 0.1) is 6.42 Å². The van der Waals surface area contributed by atoms with Crippen LogP contribution in [0.3, 0.4) is 0 Å². The Bertz CT molecular complexity index is 804. The molecular formula is C22H34N4O6S2. The predicted molar refractivity (Wildman–Crippen MR) is 131 cm³/mol. The van der Waals surface area contributed by atoms with Crippen LogP contribution in [0.15, 0.2) is 12.2 Å². The Hall–Kier alpha value is -2.21. The standard InChI is InChI=1S/C22H34N4O6S2/c1-12(2)19-22(31)23-15-11-34-33-8-6-5-7-14(9-16(27)24-19)32-18(29)10-17(28)25-20(13(3)4)26-21(15)30/h5,7,12-15,19-20H,6,8-11H2,1-4H3,(H,23,31)(H,24,27)(H,25,28)(H,26,30)/b7-5+/t14-,15-,19-,20-/m1/s1. The monoisotopic (exact) mass is 514 g/mol. The Morgan fingerprint density at radius 2 is 1.62 bits per heavy atom. The fraction of sp³-hybridized carbons (Fsp3) is 0.682.